The first-order valence-corrected chi connectivity index (χ1v) is 17.7. The molecule has 0 aromatic rings. The smallest absolute Gasteiger partial charge is 0.209 e. The molecule has 0 amide bonds. The summed E-state index contributed by atoms with van der Waals surface area (Å²) < 4.78 is 0. The standard InChI is InChI=1S/C21H30O5.C21H30O4/c1-12(2)7-8-15-18(23)17(16(22)11-14(5)6)20(25)21(26,19(15)24)10-9-13(3)4;1-13(2)7-9-17-20(24)16(18(22)11-15(5)6)12-21(17,25)19(23)10-8-14(3)4/h7,9,14,23-24,26H,8,10-11H2,1-6H3;7-8,12,15,17,25H,9-11H2,1-6H3/t21-;17?,21-/m01/s1. The maximum atomic E-state index is 12.9. The topological polar surface area (TPSA) is 166 Å². The molecule has 0 aromatic carbocycles. The van der Waals surface area contributed by atoms with Gasteiger partial charge in [0.2, 0.25) is 5.78 Å². The molecule has 1 unspecified atom stereocenters. The Labute approximate surface area is 304 Å². The van der Waals surface area contributed by atoms with Crippen LogP contribution >= 0.6 is 0 Å². The third-order valence-corrected chi connectivity index (χ3v) is 8.47. The molecule has 3 atom stereocenters. The summed E-state index contributed by atoms with van der Waals surface area (Å²) in [6, 6.07) is 0. The van der Waals surface area contributed by atoms with Gasteiger partial charge in [-0.15, -0.1) is 0 Å². The minimum absolute atomic E-state index is 0.0118. The van der Waals surface area contributed by atoms with Gasteiger partial charge in [0, 0.05) is 31.3 Å². The highest BCUT2D eigenvalue weighted by Gasteiger charge is 2.52. The number of allylic oxidation sites excluding steroid dienone is 9. The van der Waals surface area contributed by atoms with Crippen LogP contribution in [0.25, 0.3) is 0 Å². The van der Waals surface area contributed by atoms with Crippen molar-refractivity contribution in [3.8, 4) is 0 Å². The van der Waals surface area contributed by atoms with Gasteiger partial charge in [0.15, 0.2) is 34.3 Å². The summed E-state index contributed by atoms with van der Waals surface area (Å²) in [6.45, 7) is 22.3. The third-order valence-electron chi connectivity index (χ3n) is 8.47. The number of aliphatic hydroxyl groups excluding tert-OH is 2. The van der Waals surface area contributed by atoms with E-state index in [1.165, 1.54) is 6.08 Å². The van der Waals surface area contributed by atoms with E-state index in [1.54, 1.807) is 32.1 Å². The Kier molecular flexibility index (Phi) is 16.8. The Morgan fingerprint density at radius 1 is 0.745 bits per heavy atom. The second kappa shape index (κ2) is 19.0. The summed E-state index contributed by atoms with van der Waals surface area (Å²) in [7, 11) is 0. The number of ketones is 5. The minimum Gasteiger partial charge on any atom is -0.508 e. The van der Waals surface area contributed by atoms with E-state index in [2.05, 4.69) is 0 Å². The summed E-state index contributed by atoms with van der Waals surface area (Å²) in [4.78, 5) is 63.2. The van der Waals surface area contributed by atoms with Crippen LogP contribution in [0.1, 0.15) is 122 Å². The second-order valence-corrected chi connectivity index (χ2v) is 15.5. The molecule has 0 fully saturated rings. The SMILES string of the molecule is CC(C)=CCC(=O)[C@@]1(O)C=C(C(=O)CC(C)C)C(=O)C1CC=C(C)C.CC(C)=CCC1=C(O)[C@@](O)(CC=C(C)C)C(=O)C(C(=O)CC(C)C)=C1O. The van der Waals surface area contributed by atoms with Crippen molar-refractivity contribution < 1.29 is 44.4 Å². The number of carbonyl (C=O) groups excluding carboxylic acids is 5. The zero-order valence-corrected chi connectivity index (χ0v) is 32.7. The molecular formula is C42H60O9. The molecule has 0 aromatic heterocycles. The normalized spacial score (nSPS) is 21.6. The van der Waals surface area contributed by atoms with Crippen molar-refractivity contribution in [2.75, 3.05) is 0 Å². The van der Waals surface area contributed by atoms with Gasteiger partial charge in [-0.2, -0.15) is 0 Å². The molecule has 2 rings (SSSR count). The number of hydrogen-bond donors (Lipinski definition) is 4. The molecule has 0 radical (unpaired) electrons. The number of Topliss-reactive ketones (excluding diaryl/α,β-unsaturated/α-hetero) is 5. The summed E-state index contributed by atoms with van der Waals surface area (Å²) in [5, 5.41) is 43.1. The van der Waals surface area contributed by atoms with Gasteiger partial charge in [-0.1, -0.05) is 74.3 Å². The van der Waals surface area contributed by atoms with Crippen LogP contribution < -0.4 is 0 Å². The highest BCUT2D eigenvalue weighted by molar-refractivity contribution is 6.26. The number of aliphatic hydroxyl groups is 4. The van der Waals surface area contributed by atoms with Gasteiger partial charge in [-0.25, -0.2) is 0 Å². The van der Waals surface area contributed by atoms with E-state index in [1.807, 2.05) is 75.3 Å². The van der Waals surface area contributed by atoms with Crippen LogP contribution in [0.3, 0.4) is 0 Å². The molecule has 9 nitrogen and oxygen atoms in total. The summed E-state index contributed by atoms with van der Waals surface area (Å²) >= 11 is 0. The van der Waals surface area contributed by atoms with Crippen molar-refractivity contribution in [1.82, 2.24) is 0 Å². The van der Waals surface area contributed by atoms with Gasteiger partial charge in [0.1, 0.15) is 17.1 Å². The first-order chi connectivity index (χ1) is 23.4. The van der Waals surface area contributed by atoms with E-state index >= 15 is 0 Å². The fourth-order valence-electron chi connectivity index (χ4n) is 5.56. The molecule has 0 aliphatic heterocycles. The Balaban J connectivity index is 0.000000510. The van der Waals surface area contributed by atoms with Crippen LogP contribution in [-0.4, -0.2) is 60.5 Å². The third kappa shape index (κ3) is 12.1. The van der Waals surface area contributed by atoms with E-state index in [0.717, 1.165) is 22.3 Å². The quantitative estimate of drug-likeness (QED) is 0.0974. The van der Waals surface area contributed by atoms with Crippen molar-refractivity contribution in [1.29, 1.82) is 0 Å². The Morgan fingerprint density at radius 2 is 1.24 bits per heavy atom. The van der Waals surface area contributed by atoms with Crippen LogP contribution in [0.2, 0.25) is 0 Å². The molecule has 2 aliphatic carbocycles. The van der Waals surface area contributed by atoms with Crippen molar-refractivity contribution >= 4 is 28.9 Å². The molecule has 2 aliphatic rings. The fraction of sp³-hybridized carbons (Fsp3) is 0.548. The molecule has 0 saturated carbocycles. The van der Waals surface area contributed by atoms with Gasteiger partial charge >= 0.3 is 0 Å². The van der Waals surface area contributed by atoms with Gasteiger partial charge in [-0.3, -0.25) is 24.0 Å². The summed E-state index contributed by atoms with van der Waals surface area (Å²) in [5.74, 6) is -4.59. The first-order valence-electron chi connectivity index (χ1n) is 17.7. The maximum Gasteiger partial charge on any atom is 0.209 e. The molecule has 9 heteroatoms. The molecule has 0 heterocycles. The van der Waals surface area contributed by atoms with Gasteiger partial charge in [0.25, 0.3) is 0 Å². The monoisotopic (exact) mass is 708 g/mol. The predicted octanol–water partition coefficient (Wildman–Crippen LogP) is 7.99. The Morgan fingerprint density at radius 3 is 1.71 bits per heavy atom. The van der Waals surface area contributed by atoms with Crippen molar-refractivity contribution in [3.63, 3.8) is 0 Å². The molecule has 0 saturated heterocycles. The first kappa shape index (κ1) is 45.1. The van der Waals surface area contributed by atoms with Crippen molar-refractivity contribution in [2.45, 2.75) is 133 Å². The average molecular weight is 709 g/mol. The number of rotatable bonds is 15. The lowest BCUT2D eigenvalue weighted by molar-refractivity contribution is -0.140. The molecule has 4 N–H and O–H groups in total. The lowest BCUT2D eigenvalue weighted by Gasteiger charge is -2.32. The lowest BCUT2D eigenvalue weighted by Crippen LogP contribution is -2.46. The van der Waals surface area contributed by atoms with Gasteiger partial charge < -0.3 is 20.4 Å². The highest BCUT2D eigenvalue weighted by Crippen LogP contribution is 2.39. The van der Waals surface area contributed by atoms with Gasteiger partial charge in [0.05, 0.1) is 11.5 Å². The maximum absolute atomic E-state index is 12.9. The fourth-order valence-corrected chi connectivity index (χ4v) is 5.56. The molecule has 0 spiro atoms. The van der Waals surface area contributed by atoms with Crippen LogP contribution in [-0.2, 0) is 24.0 Å². The van der Waals surface area contributed by atoms with E-state index in [0.29, 0.717) is 0 Å². The number of hydrogen-bond acceptors (Lipinski definition) is 9. The van der Waals surface area contributed by atoms with Crippen molar-refractivity contribution in [2.24, 2.45) is 17.8 Å². The average Bonchev–Trinajstić information content (AvgIpc) is 3.26. The molecule has 0 bridgehead atoms. The van der Waals surface area contributed by atoms with E-state index in [4.69, 9.17) is 0 Å². The van der Waals surface area contributed by atoms with Crippen molar-refractivity contribution in [3.05, 3.63) is 80.9 Å². The summed E-state index contributed by atoms with van der Waals surface area (Å²) in [5.41, 5.74) is -0.810. The highest BCUT2D eigenvalue weighted by atomic mass is 16.3. The summed E-state index contributed by atoms with van der Waals surface area (Å²) in [6.07, 6.45) is 8.68. The second-order valence-electron chi connectivity index (χ2n) is 15.5. The van der Waals surface area contributed by atoms with Crippen LogP contribution in [0.15, 0.2) is 80.9 Å². The van der Waals surface area contributed by atoms with E-state index in [-0.39, 0.29) is 67.3 Å². The lowest BCUT2D eigenvalue weighted by atomic mass is 9.76. The molecule has 282 valence electrons. The minimum atomic E-state index is -2.24. The predicted molar refractivity (Wildman–Crippen MR) is 201 cm³/mol. The molecular weight excluding hydrogens is 648 g/mol. The van der Waals surface area contributed by atoms with Crippen LogP contribution in [0, 0.1) is 17.8 Å². The zero-order chi connectivity index (χ0) is 39.6. The Bertz CT molecular complexity index is 1590. The van der Waals surface area contributed by atoms with Crippen LogP contribution in [0.4, 0.5) is 0 Å². The van der Waals surface area contributed by atoms with Gasteiger partial charge in [-0.05, 0) is 86.1 Å². The largest absolute Gasteiger partial charge is 0.508 e. The van der Waals surface area contributed by atoms with Crippen LogP contribution in [0.5, 0.6) is 0 Å². The van der Waals surface area contributed by atoms with E-state index < -0.39 is 57.3 Å². The van der Waals surface area contributed by atoms with E-state index in [9.17, 15) is 44.4 Å². The Hall–Kier alpha value is -3.95. The number of carbonyl (C=O) groups is 5. The zero-order valence-electron chi connectivity index (χ0n) is 32.7. The molecule has 51 heavy (non-hydrogen) atoms.